The van der Waals surface area contributed by atoms with Crippen LogP contribution in [0.4, 0.5) is 0 Å². The Bertz CT molecular complexity index is 331. The molecule has 0 nitrogen and oxygen atoms in total. The first-order valence-electron chi connectivity index (χ1n) is 4.49. The molecule has 1 unspecified atom stereocenters. The molecule has 1 aliphatic rings. The fraction of sp³-hybridized carbons (Fsp3) is 0.273. The summed E-state index contributed by atoms with van der Waals surface area (Å²) in [4.78, 5) is 0. The zero-order valence-corrected chi connectivity index (χ0v) is 9.61. The minimum absolute atomic E-state index is 0.0990. The van der Waals surface area contributed by atoms with Crippen molar-refractivity contribution in [3.8, 4) is 0 Å². The second kappa shape index (κ2) is 3.72. The quantitative estimate of drug-likeness (QED) is 0.696. The van der Waals surface area contributed by atoms with Gasteiger partial charge in [0.25, 0.3) is 0 Å². The lowest BCUT2D eigenvalue weighted by atomic mass is 10.1. The molecule has 0 amide bonds. The number of hydrogen-bond acceptors (Lipinski definition) is 1. The van der Waals surface area contributed by atoms with Crippen molar-refractivity contribution in [2.24, 2.45) is 5.92 Å². The highest BCUT2D eigenvalue weighted by Gasteiger charge is 2.10. The number of allylic oxidation sites excluding steroid dienone is 2. The van der Waals surface area contributed by atoms with Gasteiger partial charge in [-0.25, -0.2) is 0 Å². The summed E-state index contributed by atoms with van der Waals surface area (Å²) in [5.41, 5.74) is 1.50. The largest absolute Gasteiger partial charge is 0.177 e. The first-order chi connectivity index (χ1) is 6.27. The Balaban J connectivity index is 2.19. The highest BCUT2D eigenvalue weighted by molar-refractivity contribution is 8.23. The van der Waals surface area contributed by atoms with Crippen LogP contribution in [-0.4, -0.2) is 0 Å². The Labute approximate surface area is 86.3 Å². The van der Waals surface area contributed by atoms with E-state index in [1.165, 1.54) is 9.78 Å². The third-order valence-electron chi connectivity index (χ3n) is 2.14. The molecule has 1 atom stereocenters. The van der Waals surface area contributed by atoms with Crippen molar-refractivity contribution in [2.75, 3.05) is 0 Å². The zero-order chi connectivity index (χ0) is 9.26. The van der Waals surface area contributed by atoms with Crippen LogP contribution < -0.4 is 0 Å². The van der Waals surface area contributed by atoms with Gasteiger partial charge in [-0.15, -0.1) is 11.3 Å². The summed E-state index contributed by atoms with van der Waals surface area (Å²) in [5, 5.41) is 6.95. The van der Waals surface area contributed by atoms with E-state index in [2.05, 4.69) is 48.3 Å². The average Bonchev–Trinajstić information content (AvgIpc) is 2.75. The molecule has 0 spiro atoms. The van der Waals surface area contributed by atoms with E-state index >= 15 is 0 Å². The normalized spacial score (nSPS) is 23.9. The average molecular weight is 210 g/mol. The monoisotopic (exact) mass is 210 g/mol. The fourth-order valence-electron chi connectivity index (χ4n) is 1.31. The molecule has 0 aromatic carbocycles. The van der Waals surface area contributed by atoms with Crippen molar-refractivity contribution >= 4 is 22.2 Å². The second-order valence-corrected chi connectivity index (χ2v) is 6.56. The van der Waals surface area contributed by atoms with E-state index in [-0.39, 0.29) is 10.9 Å². The van der Waals surface area contributed by atoms with Crippen LogP contribution in [0.2, 0.25) is 0 Å². The van der Waals surface area contributed by atoms with Crippen LogP contribution in [-0.2, 0) is 0 Å². The van der Waals surface area contributed by atoms with Crippen molar-refractivity contribution in [3.05, 3.63) is 40.0 Å². The standard InChI is InChI=1S/C11H14S2/c1-9(2)10-5-7-13(8-10)11-4-3-6-12-11/h3-9,13H,1-2H3. The Hall–Kier alpha value is -0.470. The summed E-state index contributed by atoms with van der Waals surface area (Å²) in [7, 11) is -0.0990. The topological polar surface area (TPSA) is 0 Å². The molecular weight excluding hydrogens is 196 g/mol. The van der Waals surface area contributed by atoms with E-state index < -0.39 is 0 Å². The van der Waals surface area contributed by atoms with Crippen molar-refractivity contribution in [1.29, 1.82) is 0 Å². The first-order valence-corrected chi connectivity index (χ1v) is 6.85. The molecule has 2 heteroatoms. The van der Waals surface area contributed by atoms with Gasteiger partial charge in [-0.3, -0.25) is 0 Å². The second-order valence-electron chi connectivity index (χ2n) is 3.46. The molecule has 0 fully saturated rings. The Kier molecular flexibility index (Phi) is 2.61. The van der Waals surface area contributed by atoms with Crippen molar-refractivity contribution in [1.82, 2.24) is 0 Å². The van der Waals surface area contributed by atoms with Crippen LogP contribution in [0, 0.1) is 5.92 Å². The van der Waals surface area contributed by atoms with Gasteiger partial charge in [-0.2, -0.15) is 10.9 Å². The van der Waals surface area contributed by atoms with E-state index in [1.807, 2.05) is 11.3 Å². The molecule has 0 radical (unpaired) electrons. The summed E-state index contributed by atoms with van der Waals surface area (Å²) in [6.45, 7) is 4.51. The number of rotatable bonds is 2. The van der Waals surface area contributed by atoms with E-state index in [0.717, 1.165) is 0 Å². The minimum Gasteiger partial charge on any atom is -0.177 e. The van der Waals surface area contributed by atoms with Gasteiger partial charge >= 0.3 is 0 Å². The van der Waals surface area contributed by atoms with Gasteiger partial charge in [0.15, 0.2) is 0 Å². The molecule has 0 saturated heterocycles. The maximum absolute atomic E-state index is 2.44. The Morgan fingerprint density at radius 3 is 2.77 bits per heavy atom. The summed E-state index contributed by atoms with van der Waals surface area (Å²) in [5.74, 6) is 0.670. The van der Waals surface area contributed by atoms with Gasteiger partial charge in [0.1, 0.15) is 0 Å². The number of thiol groups is 1. The molecule has 1 aromatic rings. The molecule has 0 bridgehead atoms. The molecule has 1 aliphatic heterocycles. The first kappa shape index (κ1) is 9.10. The van der Waals surface area contributed by atoms with Gasteiger partial charge in [-0.1, -0.05) is 26.0 Å². The summed E-state index contributed by atoms with van der Waals surface area (Å²) in [6.07, 6.45) is 2.29. The van der Waals surface area contributed by atoms with E-state index in [4.69, 9.17) is 0 Å². The fourth-order valence-corrected chi connectivity index (χ4v) is 4.43. The highest BCUT2D eigenvalue weighted by Crippen LogP contribution is 2.47. The van der Waals surface area contributed by atoms with Crippen LogP contribution >= 0.6 is 22.2 Å². The molecule has 2 rings (SSSR count). The lowest BCUT2D eigenvalue weighted by Gasteiger charge is -2.06. The maximum atomic E-state index is 2.44. The van der Waals surface area contributed by atoms with Crippen LogP contribution in [0.1, 0.15) is 13.8 Å². The predicted octanol–water partition coefficient (Wildman–Crippen LogP) is 4.18. The van der Waals surface area contributed by atoms with Crippen molar-refractivity contribution < 1.29 is 0 Å². The van der Waals surface area contributed by atoms with Gasteiger partial charge in [0.2, 0.25) is 0 Å². The van der Waals surface area contributed by atoms with Gasteiger partial charge in [0, 0.05) is 4.21 Å². The lowest BCUT2D eigenvalue weighted by molar-refractivity contribution is 0.795. The zero-order valence-electron chi connectivity index (χ0n) is 7.90. The third kappa shape index (κ3) is 1.89. The van der Waals surface area contributed by atoms with E-state index in [0.29, 0.717) is 5.92 Å². The van der Waals surface area contributed by atoms with Crippen molar-refractivity contribution in [2.45, 2.75) is 18.1 Å². The SMILES string of the molecule is CC(C)C1=C[SH](c2cccs2)C=C1. The molecule has 1 aromatic heterocycles. The molecule has 0 saturated carbocycles. The molecule has 0 N–H and O–H groups in total. The molecule has 13 heavy (non-hydrogen) atoms. The minimum atomic E-state index is -0.0990. The third-order valence-corrected chi connectivity index (χ3v) is 5.47. The summed E-state index contributed by atoms with van der Waals surface area (Å²) >= 11 is 1.87. The number of hydrogen-bond donors (Lipinski definition) is 1. The Morgan fingerprint density at radius 1 is 1.38 bits per heavy atom. The van der Waals surface area contributed by atoms with Crippen LogP contribution in [0.5, 0.6) is 0 Å². The van der Waals surface area contributed by atoms with Gasteiger partial charge in [0.05, 0.1) is 0 Å². The highest BCUT2D eigenvalue weighted by atomic mass is 32.2. The summed E-state index contributed by atoms with van der Waals surface area (Å²) < 4.78 is 1.52. The smallest absolute Gasteiger partial charge is 0.0473 e. The van der Waals surface area contributed by atoms with Gasteiger partial charge < -0.3 is 0 Å². The van der Waals surface area contributed by atoms with E-state index in [9.17, 15) is 0 Å². The molecule has 2 heterocycles. The molecule has 0 aliphatic carbocycles. The van der Waals surface area contributed by atoms with Crippen molar-refractivity contribution in [3.63, 3.8) is 0 Å². The predicted molar refractivity (Wildman–Crippen MR) is 63.6 cm³/mol. The number of thiophene rings is 1. The van der Waals surface area contributed by atoms with Crippen LogP contribution in [0.15, 0.2) is 44.2 Å². The maximum Gasteiger partial charge on any atom is 0.0473 e. The Morgan fingerprint density at radius 2 is 2.23 bits per heavy atom. The van der Waals surface area contributed by atoms with E-state index in [1.54, 1.807) is 0 Å². The summed E-state index contributed by atoms with van der Waals surface area (Å²) in [6, 6.07) is 4.37. The molecule has 70 valence electrons. The van der Waals surface area contributed by atoms with Gasteiger partial charge in [-0.05, 0) is 33.8 Å². The lowest BCUT2D eigenvalue weighted by Crippen LogP contribution is -1.86. The van der Waals surface area contributed by atoms with Crippen LogP contribution in [0.3, 0.4) is 0 Å². The van der Waals surface area contributed by atoms with Crippen LogP contribution in [0.25, 0.3) is 0 Å². The molecular formula is C11H14S2.